The molecule has 6 nitrogen and oxygen atoms in total. The molecule has 0 aromatic carbocycles. The molecule has 104 valence electrons. The second kappa shape index (κ2) is 4.92. The quantitative estimate of drug-likeness (QED) is 0.864. The summed E-state index contributed by atoms with van der Waals surface area (Å²) in [7, 11) is 2.11. The van der Waals surface area contributed by atoms with E-state index in [-0.39, 0.29) is 0 Å². The van der Waals surface area contributed by atoms with Crippen LogP contribution in [-0.2, 0) is 11.2 Å². The topological polar surface area (TPSA) is 71.2 Å². The molecule has 0 saturated carbocycles. The smallest absolute Gasteiger partial charge is 0.328 e. The Morgan fingerprint density at radius 1 is 1.37 bits per heavy atom. The summed E-state index contributed by atoms with van der Waals surface area (Å²) < 4.78 is 1.65. The van der Waals surface area contributed by atoms with Gasteiger partial charge in [-0.3, -0.25) is 0 Å². The summed E-state index contributed by atoms with van der Waals surface area (Å²) in [5.74, 6) is 1.25. The number of likely N-dealkylation sites (N-methyl/N-ethyl adjacent to an activating group) is 1. The van der Waals surface area contributed by atoms with E-state index in [9.17, 15) is 9.90 Å². The molecule has 2 unspecified atom stereocenters. The highest BCUT2D eigenvalue weighted by Crippen LogP contribution is 2.28. The van der Waals surface area contributed by atoms with Gasteiger partial charge in [0.15, 0.2) is 11.9 Å². The minimum Gasteiger partial charge on any atom is -0.480 e. The molecule has 0 amide bonds. The van der Waals surface area contributed by atoms with Gasteiger partial charge in [-0.05, 0) is 39.3 Å². The molecule has 1 N–H and O–H groups in total. The van der Waals surface area contributed by atoms with Gasteiger partial charge in [0.05, 0.1) is 0 Å². The van der Waals surface area contributed by atoms with E-state index < -0.39 is 12.0 Å². The predicted octanol–water partition coefficient (Wildman–Crippen LogP) is 1.05. The number of fused-ring (bicyclic) bond motifs is 1. The summed E-state index contributed by atoms with van der Waals surface area (Å²) >= 11 is 0. The summed E-state index contributed by atoms with van der Waals surface area (Å²) in [6.07, 6.45) is 4.66. The van der Waals surface area contributed by atoms with E-state index in [1.165, 1.54) is 0 Å². The van der Waals surface area contributed by atoms with Crippen LogP contribution in [0, 0.1) is 0 Å². The molecular formula is C13H20N4O2. The Hall–Kier alpha value is -1.43. The van der Waals surface area contributed by atoms with Gasteiger partial charge >= 0.3 is 5.97 Å². The monoisotopic (exact) mass is 264 g/mol. The number of nitrogens with zero attached hydrogens (tertiary/aromatic N) is 4. The molecule has 0 aliphatic carbocycles. The molecule has 1 aromatic heterocycles. The molecule has 6 heteroatoms. The van der Waals surface area contributed by atoms with Gasteiger partial charge < -0.3 is 10.0 Å². The van der Waals surface area contributed by atoms with Crippen LogP contribution in [-0.4, -0.2) is 50.9 Å². The highest BCUT2D eigenvalue weighted by atomic mass is 16.4. The minimum atomic E-state index is -0.793. The predicted molar refractivity (Wildman–Crippen MR) is 69.1 cm³/mol. The van der Waals surface area contributed by atoms with Crippen molar-refractivity contribution in [1.29, 1.82) is 0 Å². The van der Waals surface area contributed by atoms with Crippen molar-refractivity contribution in [3.63, 3.8) is 0 Å². The Kier molecular flexibility index (Phi) is 3.26. The average molecular weight is 264 g/mol. The van der Waals surface area contributed by atoms with Crippen LogP contribution in [0.3, 0.4) is 0 Å². The Morgan fingerprint density at radius 2 is 2.21 bits per heavy atom. The van der Waals surface area contributed by atoms with Gasteiger partial charge in [0, 0.05) is 18.9 Å². The summed E-state index contributed by atoms with van der Waals surface area (Å²) in [6, 6.07) is -0.522. The molecule has 2 aliphatic rings. The fourth-order valence-electron chi connectivity index (χ4n) is 3.15. The number of carboxylic acids is 1. The summed E-state index contributed by atoms with van der Waals surface area (Å²) in [6.45, 7) is 2.10. The van der Waals surface area contributed by atoms with Crippen LogP contribution in [0.2, 0.25) is 0 Å². The second-order valence-electron chi connectivity index (χ2n) is 5.68. The first-order valence-corrected chi connectivity index (χ1v) is 7.02. The number of carbonyl (C=O) groups is 1. The molecule has 1 saturated heterocycles. The minimum absolute atomic E-state index is 0.353. The first-order chi connectivity index (χ1) is 9.15. The van der Waals surface area contributed by atoms with Crippen molar-refractivity contribution in [2.45, 2.75) is 44.1 Å². The third kappa shape index (κ3) is 2.36. The number of aryl methyl sites for hydroxylation is 1. The van der Waals surface area contributed by atoms with E-state index >= 15 is 0 Å². The molecule has 19 heavy (non-hydrogen) atoms. The molecule has 2 aliphatic heterocycles. The van der Waals surface area contributed by atoms with Gasteiger partial charge in [0.2, 0.25) is 0 Å². The maximum Gasteiger partial charge on any atom is 0.328 e. The first kappa shape index (κ1) is 12.6. The van der Waals surface area contributed by atoms with Crippen molar-refractivity contribution in [3.8, 4) is 0 Å². The lowest BCUT2D eigenvalue weighted by molar-refractivity contribution is -0.141. The van der Waals surface area contributed by atoms with Crippen LogP contribution in [0.1, 0.15) is 49.3 Å². The second-order valence-corrected chi connectivity index (χ2v) is 5.68. The third-order valence-electron chi connectivity index (χ3n) is 4.17. The molecule has 0 radical (unpaired) electrons. The van der Waals surface area contributed by atoms with E-state index in [1.54, 1.807) is 4.68 Å². The number of aliphatic carboxylic acids is 1. The number of rotatable bonds is 2. The fraction of sp³-hybridized carbons (Fsp3) is 0.769. The highest BCUT2D eigenvalue weighted by molar-refractivity contribution is 5.71. The van der Waals surface area contributed by atoms with Crippen molar-refractivity contribution in [3.05, 3.63) is 11.6 Å². The lowest BCUT2D eigenvalue weighted by atomic mass is 9.98. The Balaban J connectivity index is 1.86. The number of hydrogen-bond acceptors (Lipinski definition) is 4. The van der Waals surface area contributed by atoms with Gasteiger partial charge in [-0.2, -0.15) is 5.10 Å². The van der Waals surface area contributed by atoms with Gasteiger partial charge in [-0.25, -0.2) is 14.5 Å². The number of aromatic nitrogens is 3. The molecule has 2 atom stereocenters. The fourth-order valence-corrected chi connectivity index (χ4v) is 3.15. The van der Waals surface area contributed by atoms with Crippen molar-refractivity contribution in [1.82, 2.24) is 19.7 Å². The summed E-state index contributed by atoms with van der Waals surface area (Å²) in [5.41, 5.74) is 0. The lowest BCUT2D eigenvalue weighted by Crippen LogP contribution is -2.31. The van der Waals surface area contributed by atoms with E-state index in [0.29, 0.717) is 12.3 Å². The highest BCUT2D eigenvalue weighted by Gasteiger charge is 2.31. The van der Waals surface area contributed by atoms with E-state index in [4.69, 9.17) is 0 Å². The molecular weight excluding hydrogens is 244 g/mol. The molecule has 1 fully saturated rings. The van der Waals surface area contributed by atoms with Gasteiger partial charge in [-0.1, -0.05) is 0 Å². The lowest BCUT2D eigenvalue weighted by Gasteiger charge is -2.27. The molecule has 3 rings (SSSR count). The summed E-state index contributed by atoms with van der Waals surface area (Å²) in [4.78, 5) is 18.2. The Labute approximate surface area is 112 Å². The van der Waals surface area contributed by atoms with Crippen molar-refractivity contribution >= 4 is 5.97 Å². The van der Waals surface area contributed by atoms with Crippen molar-refractivity contribution in [2.75, 3.05) is 20.1 Å². The van der Waals surface area contributed by atoms with Crippen molar-refractivity contribution < 1.29 is 9.90 Å². The number of carboxylic acid groups (broad SMARTS) is 1. The third-order valence-corrected chi connectivity index (χ3v) is 4.17. The molecule has 0 bridgehead atoms. The molecule has 3 heterocycles. The molecule has 1 aromatic rings. The largest absolute Gasteiger partial charge is 0.480 e. The van der Waals surface area contributed by atoms with Gasteiger partial charge in [0.25, 0.3) is 0 Å². The summed E-state index contributed by atoms with van der Waals surface area (Å²) in [5, 5.41) is 13.8. The Bertz CT molecular complexity index is 485. The van der Waals surface area contributed by atoms with Crippen molar-refractivity contribution in [2.24, 2.45) is 0 Å². The van der Waals surface area contributed by atoms with Gasteiger partial charge in [-0.15, -0.1) is 0 Å². The van der Waals surface area contributed by atoms with Crippen LogP contribution in [0.25, 0.3) is 0 Å². The van der Waals surface area contributed by atoms with Crippen LogP contribution in [0.5, 0.6) is 0 Å². The first-order valence-electron chi connectivity index (χ1n) is 7.02. The average Bonchev–Trinajstić information content (AvgIpc) is 2.82. The zero-order valence-corrected chi connectivity index (χ0v) is 11.2. The van der Waals surface area contributed by atoms with E-state index in [0.717, 1.165) is 50.4 Å². The zero-order chi connectivity index (χ0) is 13.4. The Morgan fingerprint density at radius 3 is 2.95 bits per heavy atom. The van der Waals surface area contributed by atoms with E-state index in [2.05, 4.69) is 22.0 Å². The maximum atomic E-state index is 11.3. The number of piperidine rings is 1. The maximum absolute atomic E-state index is 11.3. The van der Waals surface area contributed by atoms with E-state index in [1.807, 2.05) is 0 Å². The standard InChI is InChI=1S/C13H20N4O2/c1-16-7-3-4-9(8-16)12-14-11-6-2-5-10(13(18)19)17(11)15-12/h9-10H,2-8H2,1H3,(H,18,19). The molecule has 0 spiro atoms. The van der Waals surface area contributed by atoms with Gasteiger partial charge in [0.1, 0.15) is 5.82 Å². The zero-order valence-electron chi connectivity index (χ0n) is 11.2. The van der Waals surface area contributed by atoms with Crippen LogP contribution in [0.15, 0.2) is 0 Å². The normalized spacial score (nSPS) is 28.1. The van der Waals surface area contributed by atoms with Crippen LogP contribution >= 0.6 is 0 Å². The number of hydrogen-bond donors (Lipinski definition) is 1. The number of likely N-dealkylation sites (tertiary alicyclic amines) is 1. The SMILES string of the molecule is CN1CCCC(c2nc3n(n2)C(C(=O)O)CCC3)C1. The van der Waals surface area contributed by atoms with Crippen LogP contribution in [0.4, 0.5) is 0 Å². The van der Waals surface area contributed by atoms with Crippen LogP contribution < -0.4 is 0 Å².